The third kappa shape index (κ3) is 4.69. The van der Waals surface area contributed by atoms with Gasteiger partial charge in [0.2, 0.25) is 5.91 Å². The molecule has 2 N–H and O–H groups in total. The van der Waals surface area contributed by atoms with E-state index in [1.165, 1.54) is 5.69 Å². The van der Waals surface area contributed by atoms with Crippen molar-refractivity contribution in [2.75, 3.05) is 71.1 Å². The number of nitrogens with one attached hydrogen (secondary N) is 1. The van der Waals surface area contributed by atoms with Gasteiger partial charge in [0, 0.05) is 58.2 Å². The van der Waals surface area contributed by atoms with Crippen LogP contribution < -0.4 is 15.0 Å². The molecule has 1 aromatic carbocycles. The second-order valence-corrected chi connectivity index (χ2v) is 9.26. The van der Waals surface area contributed by atoms with E-state index in [2.05, 4.69) is 27.2 Å². The van der Waals surface area contributed by atoms with E-state index in [0.717, 1.165) is 77.4 Å². The molecule has 1 saturated carbocycles. The Balaban J connectivity index is 1.17. The first-order valence-electron chi connectivity index (χ1n) is 11.7. The Kier molecular flexibility index (Phi) is 7.04. The molecule has 7 nitrogen and oxygen atoms in total. The highest BCUT2D eigenvalue weighted by molar-refractivity contribution is 5.87. The van der Waals surface area contributed by atoms with Gasteiger partial charge in [-0.2, -0.15) is 0 Å². The number of benzene rings is 1. The van der Waals surface area contributed by atoms with Crippen molar-refractivity contribution >= 4 is 11.6 Å². The molecule has 1 aliphatic carbocycles. The van der Waals surface area contributed by atoms with E-state index in [0.29, 0.717) is 13.0 Å². The SMILES string of the molecule is COc1ccc(N2CCN(CCCNC(=O)C3(CCO)CC34CCOCC4)CC2)cc1. The summed E-state index contributed by atoms with van der Waals surface area (Å²) >= 11 is 0. The summed E-state index contributed by atoms with van der Waals surface area (Å²) in [5.41, 5.74) is 0.944. The van der Waals surface area contributed by atoms with E-state index in [1.54, 1.807) is 7.11 Å². The number of aliphatic hydroxyl groups is 1. The topological polar surface area (TPSA) is 74.3 Å². The number of aliphatic hydroxyl groups excluding tert-OH is 1. The largest absolute Gasteiger partial charge is 0.497 e. The Hall–Kier alpha value is -1.83. The molecule has 1 atom stereocenters. The van der Waals surface area contributed by atoms with Crippen molar-refractivity contribution in [1.29, 1.82) is 0 Å². The molecule has 0 bridgehead atoms. The maximum absolute atomic E-state index is 13.0. The third-order valence-electron chi connectivity index (χ3n) is 7.70. The molecular weight excluding hydrogens is 394 g/mol. The maximum Gasteiger partial charge on any atom is 0.226 e. The van der Waals surface area contributed by atoms with Crippen molar-refractivity contribution in [2.45, 2.75) is 32.1 Å². The number of methoxy groups -OCH3 is 1. The fraction of sp³-hybridized carbons (Fsp3) is 0.708. The van der Waals surface area contributed by atoms with E-state index in [1.807, 2.05) is 12.1 Å². The van der Waals surface area contributed by atoms with Crippen molar-refractivity contribution < 1.29 is 19.4 Å². The molecule has 1 unspecified atom stereocenters. The predicted molar refractivity (Wildman–Crippen MR) is 121 cm³/mol. The Morgan fingerprint density at radius 1 is 1.16 bits per heavy atom. The van der Waals surface area contributed by atoms with Gasteiger partial charge in [0.25, 0.3) is 0 Å². The Morgan fingerprint density at radius 3 is 2.52 bits per heavy atom. The summed E-state index contributed by atoms with van der Waals surface area (Å²) in [6, 6.07) is 8.27. The smallest absolute Gasteiger partial charge is 0.226 e. The molecule has 2 heterocycles. The van der Waals surface area contributed by atoms with Crippen LogP contribution in [0.5, 0.6) is 5.75 Å². The Morgan fingerprint density at radius 2 is 1.87 bits per heavy atom. The standard InChI is InChI=1S/C24H37N3O4/c1-30-21-5-3-20(4-6-21)27-14-12-26(13-15-27)11-2-10-25-22(29)24(7-16-28)19-23(24)8-17-31-18-9-23/h3-6,28H,2,7-19H2,1H3,(H,25,29). The van der Waals surface area contributed by atoms with E-state index >= 15 is 0 Å². The zero-order valence-corrected chi connectivity index (χ0v) is 18.8. The highest BCUT2D eigenvalue weighted by atomic mass is 16.5. The lowest BCUT2D eigenvalue weighted by atomic mass is 9.83. The van der Waals surface area contributed by atoms with Crippen LogP contribution in [0.2, 0.25) is 0 Å². The van der Waals surface area contributed by atoms with Crippen LogP contribution in [-0.4, -0.2) is 82.1 Å². The molecule has 3 fully saturated rings. The molecule has 1 amide bonds. The second-order valence-electron chi connectivity index (χ2n) is 9.26. The zero-order chi connectivity index (χ0) is 21.7. The number of carbonyl (C=O) groups is 1. The summed E-state index contributed by atoms with van der Waals surface area (Å²) in [5.74, 6) is 1.03. The van der Waals surface area contributed by atoms with Crippen molar-refractivity contribution in [3.63, 3.8) is 0 Å². The molecule has 1 aromatic rings. The molecule has 2 saturated heterocycles. The number of ether oxygens (including phenoxy) is 2. The average molecular weight is 432 g/mol. The Labute approximate surface area is 185 Å². The van der Waals surface area contributed by atoms with Crippen LogP contribution in [0, 0.1) is 10.8 Å². The fourth-order valence-electron chi connectivity index (χ4n) is 5.63. The van der Waals surface area contributed by atoms with Crippen LogP contribution in [0.4, 0.5) is 5.69 Å². The molecule has 1 spiro atoms. The first-order chi connectivity index (χ1) is 15.1. The van der Waals surface area contributed by atoms with Crippen LogP contribution >= 0.6 is 0 Å². The van der Waals surface area contributed by atoms with Gasteiger partial charge in [-0.05, 0) is 68.3 Å². The summed E-state index contributed by atoms with van der Waals surface area (Å²) in [4.78, 5) is 17.9. The van der Waals surface area contributed by atoms with Gasteiger partial charge in [-0.3, -0.25) is 9.69 Å². The summed E-state index contributed by atoms with van der Waals surface area (Å²) in [6.45, 7) is 7.38. The molecule has 7 heteroatoms. The van der Waals surface area contributed by atoms with Gasteiger partial charge < -0.3 is 24.8 Å². The normalized spacial score (nSPS) is 25.4. The monoisotopic (exact) mass is 431 g/mol. The lowest BCUT2D eigenvalue weighted by molar-refractivity contribution is -0.129. The summed E-state index contributed by atoms with van der Waals surface area (Å²) in [6.07, 6.45) is 4.33. The number of anilines is 1. The van der Waals surface area contributed by atoms with E-state index in [4.69, 9.17) is 9.47 Å². The number of rotatable bonds is 9. The summed E-state index contributed by atoms with van der Waals surface area (Å²) in [5, 5.41) is 12.7. The number of nitrogens with zero attached hydrogens (tertiary/aromatic N) is 2. The summed E-state index contributed by atoms with van der Waals surface area (Å²) in [7, 11) is 1.69. The molecule has 3 aliphatic rings. The van der Waals surface area contributed by atoms with Crippen LogP contribution in [0.1, 0.15) is 32.1 Å². The molecular formula is C24H37N3O4. The number of carbonyl (C=O) groups excluding carboxylic acids is 1. The van der Waals surface area contributed by atoms with Crippen molar-refractivity contribution in [1.82, 2.24) is 10.2 Å². The van der Waals surface area contributed by atoms with Crippen LogP contribution in [-0.2, 0) is 9.53 Å². The van der Waals surface area contributed by atoms with Gasteiger partial charge in [-0.1, -0.05) is 0 Å². The average Bonchev–Trinajstić information content (AvgIpc) is 3.43. The van der Waals surface area contributed by atoms with Gasteiger partial charge in [0.05, 0.1) is 12.5 Å². The Bertz CT molecular complexity index is 727. The van der Waals surface area contributed by atoms with Gasteiger partial charge >= 0.3 is 0 Å². The highest BCUT2D eigenvalue weighted by Gasteiger charge is 2.70. The number of amides is 1. The molecule has 31 heavy (non-hydrogen) atoms. The minimum atomic E-state index is -0.366. The maximum atomic E-state index is 13.0. The minimum Gasteiger partial charge on any atom is -0.497 e. The first kappa shape index (κ1) is 22.4. The molecule has 0 radical (unpaired) electrons. The minimum absolute atomic E-state index is 0.0653. The molecule has 4 rings (SSSR count). The highest BCUT2D eigenvalue weighted by Crippen LogP contribution is 2.70. The quantitative estimate of drug-likeness (QED) is 0.582. The first-order valence-corrected chi connectivity index (χ1v) is 11.7. The fourth-order valence-corrected chi connectivity index (χ4v) is 5.63. The molecule has 2 aliphatic heterocycles. The number of hydrogen-bond acceptors (Lipinski definition) is 6. The van der Waals surface area contributed by atoms with Gasteiger partial charge in [0.1, 0.15) is 5.75 Å². The van der Waals surface area contributed by atoms with Crippen LogP contribution in [0.15, 0.2) is 24.3 Å². The zero-order valence-electron chi connectivity index (χ0n) is 18.8. The van der Waals surface area contributed by atoms with Crippen LogP contribution in [0.25, 0.3) is 0 Å². The van der Waals surface area contributed by atoms with Crippen molar-refractivity contribution in [2.24, 2.45) is 10.8 Å². The predicted octanol–water partition coefficient (Wildman–Crippen LogP) is 1.89. The lowest BCUT2D eigenvalue weighted by Gasteiger charge is -2.36. The second kappa shape index (κ2) is 9.76. The number of piperazine rings is 1. The van der Waals surface area contributed by atoms with Gasteiger partial charge in [-0.25, -0.2) is 0 Å². The number of hydrogen-bond donors (Lipinski definition) is 2. The van der Waals surface area contributed by atoms with E-state index in [-0.39, 0.29) is 23.3 Å². The molecule has 0 aromatic heterocycles. The van der Waals surface area contributed by atoms with E-state index in [9.17, 15) is 9.90 Å². The van der Waals surface area contributed by atoms with Gasteiger partial charge in [0.15, 0.2) is 0 Å². The lowest BCUT2D eigenvalue weighted by Crippen LogP contribution is -2.47. The van der Waals surface area contributed by atoms with Crippen molar-refractivity contribution in [3.8, 4) is 5.75 Å². The summed E-state index contributed by atoms with van der Waals surface area (Å²) < 4.78 is 10.7. The van der Waals surface area contributed by atoms with Crippen LogP contribution in [0.3, 0.4) is 0 Å². The molecule has 172 valence electrons. The third-order valence-corrected chi connectivity index (χ3v) is 7.70. The van der Waals surface area contributed by atoms with Crippen molar-refractivity contribution in [3.05, 3.63) is 24.3 Å². The van der Waals surface area contributed by atoms with E-state index < -0.39 is 0 Å². The van der Waals surface area contributed by atoms with Gasteiger partial charge in [-0.15, -0.1) is 0 Å².